The number of aromatic nitrogens is 1. The third-order valence-electron chi connectivity index (χ3n) is 4.28. The van der Waals surface area contributed by atoms with E-state index in [0.29, 0.717) is 26.5 Å². The van der Waals surface area contributed by atoms with Gasteiger partial charge in [0.05, 0.1) is 4.92 Å². The van der Waals surface area contributed by atoms with Gasteiger partial charge in [-0.2, -0.15) is 5.26 Å². The second kappa shape index (κ2) is 6.93. The number of halogens is 1. The third kappa shape index (κ3) is 3.16. The van der Waals surface area contributed by atoms with Crippen molar-refractivity contribution in [1.29, 1.82) is 5.26 Å². The van der Waals surface area contributed by atoms with Crippen molar-refractivity contribution in [3.05, 3.63) is 85.7 Å². The summed E-state index contributed by atoms with van der Waals surface area (Å²) >= 11 is 7.29. The maximum Gasteiger partial charge on any atom is 0.270 e. The molecule has 4 rings (SSSR count). The molecule has 0 unspecified atom stereocenters. The number of rotatable bonds is 3. The smallest absolute Gasteiger partial charge is 0.270 e. The minimum absolute atomic E-state index is 0.00114. The lowest BCUT2D eigenvalue weighted by Crippen LogP contribution is -2.12. The lowest BCUT2D eigenvalue weighted by Gasteiger charge is -2.06. The van der Waals surface area contributed by atoms with Gasteiger partial charge in [0.2, 0.25) is 0 Å². The van der Waals surface area contributed by atoms with Crippen molar-refractivity contribution in [1.82, 2.24) is 4.98 Å². The zero-order valence-electron chi connectivity index (χ0n) is 14.1. The number of benzene rings is 2. The Bertz CT molecular complexity index is 1330. The average molecular weight is 408 g/mol. The minimum atomic E-state index is -0.492. The second-order valence-corrected chi connectivity index (χ2v) is 7.53. The molecule has 0 amide bonds. The maximum atomic E-state index is 12.5. The normalized spacial score (nSPS) is 10.7. The Labute approximate surface area is 167 Å². The van der Waals surface area contributed by atoms with Gasteiger partial charge in [0.25, 0.3) is 11.2 Å². The number of hydrogen-bond acceptors (Lipinski definition) is 5. The summed E-state index contributed by atoms with van der Waals surface area (Å²) in [6.07, 6.45) is 0. The Balaban J connectivity index is 1.92. The number of nitrogens with one attached hydrogen (secondary N) is 1. The third-order valence-corrected chi connectivity index (χ3v) is 5.68. The zero-order valence-corrected chi connectivity index (χ0v) is 15.7. The lowest BCUT2D eigenvalue weighted by atomic mass is 10.0. The number of non-ortho nitro benzene ring substituents is 1. The van der Waals surface area contributed by atoms with Gasteiger partial charge in [-0.3, -0.25) is 14.9 Å². The second-order valence-electron chi connectivity index (χ2n) is 6.01. The summed E-state index contributed by atoms with van der Waals surface area (Å²) in [7, 11) is 0. The number of fused-ring (bicyclic) bond motifs is 1. The summed E-state index contributed by atoms with van der Waals surface area (Å²) in [5.74, 6) is 0. The van der Waals surface area contributed by atoms with Crippen LogP contribution in [0.2, 0.25) is 5.02 Å². The van der Waals surface area contributed by atoms with Crippen LogP contribution in [0.1, 0.15) is 5.56 Å². The van der Waals surface area contributed by atoms with E-state index >= 15 is 0 Å². The molecule has 2 aromatic heterocycles. The Morgan fingerprint density at radius 3 is 2.54 bits per heavy atom. The van der Waals surface area contributed by atoms with E-state index in [4.69, 9.17) is 11.6 Å². The highest BCUT2D eigenvalue weighted by Gasteiger charge is 2.16. The van der Waals surface area contributed by atoms with Crippen LogP contribution in [0.5, 0.6) is 0 Å². The highest BCUT2D eigenvalue weighted by molar-refractivity contribution is 7.22. The number of nitrogens with zero attached hydrogens (tertiary/aromatic N) is 2. The first kappa shape index (κ1) is 17.9. The lowest BCUT2D eigenvalue weighted by molar-refractivity contribution is -0.384. The van der Waals surface area contributed by atoms with Crippen LogP contribution in [0.15, 0.2) is 59.4 Å². The molecule has 0 saturated carbocycles. The fourth-order valence-corrected chi connectivity index (χ4v) is 4.12. The molecule has 2 heterocycles. The largest absolute Gasteiger partial charge is 0.321 e. The maximum absolute atomic E-state index is 12.5. The molecular formula is C20H10ClN3O3S. The van der Waals surface area contributed by atoms with Crippen molar-refractivity contribution in [2.24, 2.45) is 0 Å². The highest BCUT2D eigenvalue weighted by Crippen LogP contribution is 2.37. The molecule has 2 aromatic carbocycles. The number of H-pyrrole nitrogens is 1. The first-order chi connectivity index (χ1) is 13.5. The van der Waals surface area contributed by atoms with E-state index in [1.165, 1.54) is 23.5 Å². The van der Waals surface area contributed by atoms with Crippen molar-refractivity contribution in [2.75, 3.05) is 0 Å². The molecule has 136 valence electrons. The first-order valence-corrected chi connectivity index (χ1v) is 9.27. The van der Waals surface area contributed by atoms with E-state index in [1.54, 1.807) is 42.5 Å². The molecule has 0 fully saturated rings. The van der Waals surface area contributed by atoms with Crippen LogP contribution < -0.4 is 5.56 Å². The molecule has 0 aliphatic carbocycles. The summed E-state index contributed by atoms with van der Waals surface area (Å²) in [5.41, 5.74) is 1.29. The van der Waals surface area contributed by atoms with Crippen LogP contribution in [0.4, 0.5) is 5.69 Å². The predicted octanol–water partition coefficient (Wildman–Crippen LogP) is 5.36. The monoisotopic (exact) mass is 407 g/mol. The molecule has 8 heteroatoms. The van der Waals surface area contributed by atoms with Gasteiger partial charge in [-0.1, -0.05) is 23.7 Å². The topological polar surface area (TPSA) is 99.8 Å². The van der Waals surface area contributed by atoms with Gasteiger partial charge in [0, 0.05) is 38.0 Å². The van der Waals surface area contributed by atoms with Crippen molar-refractivity contribution in [3.8, 4) is 27.8 Å². The number of thiophene rings is 1. The molecule has 0 saturated heterocycles. The average Bonchev–Trinajstić information content (AvgIpc) is 3.11. The Kier molecular flexibility index (Phi) is 4.43. The summed E-state index contributed by atoms with van der Waals surface area (Å²) in [6, 6.07) is 17.0. The molecular weight excluding hydrogens is 398 g/mol. The van der Waals surface area contributed by atoms with E-state index < -0.39 is 10.5 Å². The Morgan fingerprint density at radius 2 is 1.86 bits per heavy atom. The van der Waals surface area contributed by atoms with Gasteiger partial charge in [-0.15, -0.1) is 11.3 Å². The van der Waals surface area contributed by atoms with Crippen LogP contribution >= 0.6 is 22.9 Å². The molecule has 0 spiro atoms. The van der Waals surface area contributed by atoms with Crippen LogP contribution in [-0.2, 0) is 0 Å². The Morgan fingerprint density at radius 1 is 1.11 bits per heavy atom. The molecule has 28 heavy (non-hydrogen) atoms. The SMILES string of the molecule is N#Cc1c(-c2cc3cc([N+](=O)[O-])ccc3s2)cc(-c2ccc(Cl)cc2)[nH]c1=O. The zero-order chi connectivity index (χ0) is 19.8. The predicted molar refractivity (Wildman–Crippen MR) is 110 cm³/mol. The number of nitro benzene ring substituents is 1. The van der Waals surface area contributed by atoms with Crippen LogP contribution in [0.25, 0.3) is 31.8 Å². The fraction of sp³-hybridized carbons (Fsp3) is 0. The molecule has 0 bridgehead atoms. The summed E-state index contributed by atoms with van der Waals surface area (Å²) in [4.78, 5) is 26.4. The van der Waals surface area contributed by atoms with E-state index in [0.717, 1.165) is 10.3 Å². The van der Waals surface area contributed by atoms with Gasteiger partial charge in [0.15, 0.2) is 0 Å². The van der Waals surface area contributed by atoms with Crippen molar-refractivity contribution >= 4 is 38.7 Å². The first-order valence-electron chi connectivity index (χ1n) is 8.08. The quantitative estimate of drug-likeness (QED) is 0.365. The highest BCUT2D eigenvalue weighted by atomic mass is 35.5. The standard InChI is InChI=1S/C20H10ClN3O3S/c21-13-3-1-11(2-4-13)17-9-15(16(10-22)20(25)23-17)19-8-12-7-14(24(26)27)5-6-18(12)28-19/h1-9H,(H,23,25). The van der Waals surface area contributed by atoms with E-state index in [-0.39, 0.29) is 11.3 Å². The molecule has 0 atom stereocenters. The van der Waals surface area contributed by atoms with Crippen molar-refractivity contribution < 1.29 is 4.92 Å². The molecule has 4 aromatic rings. The summed E-state index contributed by atoms with van der Waals surface area (Å²) in [5, 5.41) is 21.7. The van der Waals surface area contributed by atoms with Gasteiger partial charge in [-0.25, -0.2) is 0 Å². The van der Waals surface area contributed by atoms with Crippen molar-refractivity contribution in [3.63, 3.8) is 0 Å². The summed E-state index contributed by atoms with van der Waals surface area (Å²) in [6.45, 7) is 0. The van der Waals surface area contributed by atoms with E-state index in [2.05, 4.69) is 4.98 Å². The van der Waals surface area contributed by atoms with Gasteiger partial charge in [0.1, 0.15) is 11.6 Å². The molecule has 0 radical (unpaired) electrons. The van der Waals surface area contributed by atoms with Crippen LogP contribution in [0, 0.1) is 21.4 Å². The fourth-order valence-electron chi connectivity index (χ4n) is 2.93. The number of nitriles is 1. The molecule has 0 aliphatic rings. The summed E-state index contributed by atoms with van der Waals surface area (Å²) < 4.78 is 0.831. The van der Waals surface area contributed by atoms with Gasteiger partial charge >= 0.3 is 0 Å². The number of hydrogen-bond donors (Lipinski definition) is 1. The van der Waals surface area contributed by atoms with Gasteiger partial charge in [-0.05, 0) is 41.3 Å². The number of nitro groups is 1. The van der Waals surface area contributed by atoms with Crippen LogP contribution in [-0.4, -0.2) is 9.91 Å². The molecule has 0 aliphatic heterocycles. The minimum Gasteiger partial charge on any atom is -0.321 e. The van der Waals surface area contributed by atoms with Crippen LogP contribution in [0.3, 0.4) is 0 Å². The van der Waals surface area contributed by atoms with E-state index in [1.807, 2.05) is 6.07 Å². The van der Waals surface area contributed by atoms with Gasteiger partial charge < -0.3 is 4.98 Å². The van der Waals surface area contributed by atoms with Crippen molar-refractivity contribution in [2.45, 2.75) is 0 Å². The van der Waals surface area contributed by atoms with E-state index in [9.17, 15) is 20.2 Å². The molecule has 1 N–H and O–H groups in total. The molecule has 6 nitrogen and oxygen atoms in total. The Hall–Kier alpha value is -3.47. The number of aromatic amines is 1. The number of pyridine rings is 1.